The van der Waals surface area contributed by atoms with Gasteiger partial charge in [-0.15, -0.1) is 0 Å². The Morgan fingerprint density at radius 2 is 1.67 bits per heavy atom. The van der Waals surface area contributed by atoms with Crippen molar-refractivity contribution in [2.45, 2.75) is 11.4 Å². The average Bonchev–Trinajstić information content (AvgIpc) is 2.68. The van der Waals surface area contributed by atoms with Crippen molar-refractivity contribution in [1.29, 1.82) is 5.26 Å². The summed E-state index contributed by atoms with van der Waals surface area (Å²) in [5.41, 5.74) is 1.25. The lowest BCUT2D eigenvalue weighted by Crippen LogP contribution is -2.43. The second kappa shape index (κ2) is 8.57. The topological polar surface area (TPSA) is 64.4 Å². The van der Waals surface area contributed by atoms with E-state index in [0.717, 1.165) is 19.6 Å². The molecule has 0 radical (unpaired) electrons. The summed E-state index contributed by atoms with van der Waals surface area (Å²) >= 11 is 5.82. The van der Waals surface area contributed by atoms with E-state index >= 15 is 0 Å². The molecule has 0 N–H and O–H groups in total. The molecule has 1 aliphatic rings. The Labute approximate surface area is 165 Å². The van der Waals surface area contributed by atoms with E-state index in [-0.39, 0.29) is 9.80 Å². The van der Waals surface area contributed by atoms with Gasteiger partial charge >= 0.3 is 0 Å². The van der Waals surface area contributed by atoms with Gasteiger partial charge in [0, 0.05) is 43.9 Å². The lowest BCUT2D eigenvalue weighted by molar-refractivity contribution is 0.162. The Kier molecular flexibility index (Phi) is 6.17. The van der Waals surface area contributed by atoms with Crippen LogP contribution in [-0.2, 0) is 16.4 Å². The predicted molar refractivity (Wildman–Crippen MR) is 106 cm³/mol. The largest absolute Gasteiger partial charge is 0.373 e. The van der Waals surface area contributed by atoms with Crippen LogP contribution in [0.15, 0.2) is 70.6 Å². The molecular formula is C20H20ClN3O2S. The molecule has 2 aromatic carbocycles. The Hall–Kier alpha value is -2.33. The van der Waals surface area contributed by atoms with Gasteiger partial charge in [0.2, 0.25) is 9.84 Å². The summed E-state index contributed by atoms with van der Waals surface area (Å²) in [6.07, 6.45) is 1.46. The molecule has 1 fully saturated rings. The molecule has 0 aromatic heterocycles. The summed E-state index contributed by atoms with van der Waals surface area (Å²) in [4.78, 5) is 4.04. The van der Waals surface area contributed by atoms with Gasteiger partial charge in [-0.1, -0.05) is 41.9 Å². The Morgan fingerprint density at radius 1 is 1.04 bits per heavy atom. The van der Waals surface area contributed by atoms with Crippen LogP contribution in [0.3, 0.4) is 0 Å². The van der Waals surface area contributed by atoms with Gasteiger partial charge in [-0.05, 0) is 29.8 Å². The van der Waals surface area contributed by atoms with Gasteiger partial charge in [0.25, 0.3) is 0 Å². The summed E-state index contributed by atoms with van der Waals surface area (Å²) in [6.45, 7) is 3.84. The molecule has 7 heteroatoms. The van der Waals surface area contributed by atoms with Crippen molar-refractivity contribution in [1.82, 2.24) is 9.80 Å². The fraction of sp³-hybridized carbons (Fsp3) is 0.250. The van der Waals surface area contributed by atoms with Crippen LogP contribution >= 0.6 is 11.6 Å². The van der Waals surface area contributed by atoms with Gasteiger partial charge in [-0.3, -0.25) is 4.90 Å². The summed E-state index contributed by atoms with van der Waals surface area (Å²) in [5.74, 6) is 0. The van der Waals surface area contributed by atoms with Crippen molar-refractivity contribution >= 4 is 21.4 Å². The summed E-state index contributed by atoms with van der Waals surface area (Å²) in [7, 11) is -3.84. The lowest BCUT2D eigenvalue weighted by Gasteiger charge is -2.34. The third-order valence-corrected chi connectivity index (χ3v) is 6.40. The van der Waals surface area contributed by atoms with E-state index in [1.807, 2.05) is 29.2 Å². The highest BCUT2D eigenvalue weighted by Gasteiger charge is 2.23. The maximum absolute atomic E-state index is 12.7. The first kappa shape index (κ1) is 19.4. The number of nitriles is 1. The molecule has 0 amide bonds. The molecule has 5 nitrogen and oxygen atoms in total. The van der Waals surface area contributed by atoms with Crippen LogP contribution in [-0.4, -0.2) is 44.4 Å². The van der Waals surface area contributed by atoms with Crippen LogP contribution in [0.1, 0.15) is 5.56 Å². The van der Waals surface area contributed by atoms with E-state index in [1.165, 1.54) is 36.0 Å². The fourth-order valence-electron chi connectivity index (χ4n) is 2.96. The Balaban J connectivity index is 1.67. The first-order chi connectivity index (χ1) is 13.0. The number of hydrogen-bond acceptors (Lipinski definition) is 5. The van der Waals surface area contributed by atoms with E-state index in [4.69, 9.17) is 11.6 Å². The first-order valence-electron chi connectivity index (χ1n) is 8.62. The molecule has 27 heavy (non-hydrogen) atoms. The van der Waals surface area contributed by atoms with Crippen molar-refractivity contribution < 1.29 is 8.42 Å². The quantitative estimate of drug-likeness (QED) is 0.719. The van der Waals surface area contributed by atoms with Crippen LogP contribution < -0.4 is 0 Å². The van der Waals surface area contributed by atoms with Crippen LogP contribution in [0, 0.1) is 11.3 Å². The highest BCUT2D eigenvalue weighted by atomic mass is 35.5. The molecule has 0 saturated carbocycles. The molecule has 0 aliphatic carbocycles. The molecule has 1 heterocycles. The monoisotopic (exact) mass is 401 g/mol. The molecule has 2 aromatic rings. The minimum absolute atomic E-state index is 0.0717. The van der Waals surface area contributed by atoms with Gasteiger partial charge in [0.15, 0.2) is 4.91 Å². The van der Waals surface area contributed by atoms with Crippen molar-refractivity contribution in [3.8, 4) is 6.07 Å². The summed E-state index contributed by atoms with van der Waals surface area (Å²) in [6, 6.07) is 17.9. The van der Waals surface area contributed by atoms with Crippen molar-refractivity contribution in [3.05, 3.63) is 76.3 Å². The molecule has 0 bridgehead atoms. The first-order valence-corrected chi connectivity index (χ1v) is 10.5. The molecule has 3 rings (SSSR count). The minimum Gasteiger partial charge on any atom is -0.373 e. The highest BCUT2D eigenvalue weighted by molar-refractivity contribution is 7.95. The zero-order chi connectivity index (χ0) is 19.3. The molecule has 0 spiro atoms. The molecule has 1 aliphatic heterocycles. The number of hydrogen-bond donors (Lipinski definition) is 0. The van der Waals surface area contributed by atoms with Crippen molar-refractivity contribution in [3.63, 3.8) is 0 Å². The number of piperazine rings is 1. The molecular weight excluding hydrogens is 382 g/mol. The Bertz CT molecular complexity index is 943. The van der Waals surface area contributed by atoms with Crippen molar-refractivity contribution in [2.75, 3.05) is 26.2 Å². The number of benzene rings is 2. The van der Waals surface area contributed by atoms with Crippen LogP contribution in [0.5, 0.6) is 0 Å². The van der Waals surface area contributed by atoms with Gasteiger partial charge in [-0.2, -0.15) is 5.26 Å². The van der Waals surface area contributed by atoms with Crippen LogP contribution in [0.2, 0.25) is 5.02 Å². The SMILES string of the molecule is N#C/C(=C/N1CCN(Cc2ccccc2)CC1)S(=O)(=O)c1ccc(Cl)cc1. The normalized spacial score (nSPS) is 16.1. The van der Waals surface area contributed by atoms with Crippen LogP contribution in [0.4, 0.5) is 0 Å². The average molecular weight is 402 g/mol. The van der Waals surface area contributed by atoms with Gasteiger partial charge in [0.05, 0.1) is 4.90 Å². The number of rotatable bonds is 5. The molecule has 1 saturated heterocycles. The molecule has 0 atom stereocenters. The number of halogens is 1. The third kappa shape index (κ3) is 4.89. The zero-order valence-electron chi connectivity index (χ0n) is 14.8. The van der Waals surface area contributed by atoms with E-state index in [1.54, 1.807) is 0 Å². The Morgan fingerprint density at radius 3 is 2.26 bits per heavy atom. The van der Waals surface area contributed by atoms with Gasteiger partial charge in [0.1, 0.15) is 6.07 Å². The fourth-order valence-corrected chi connectivity index (χ4v) is 4.24. The highest BCUT2D eigenvalue weighted by Crippen LogP contribution is 2.22. The zero-order valence-corrected chi connectivity index (χ0v) is 16.3. The minimum atomic E-state index is -3.84. The number of sulfone groups is 1. The third-order valence-electron chi connectivity index (χ3n) is 4.48. The second-order valence-corrected chi connectivity index (χ2v) is 8.71. The lowest BCUT2D eigenvalue weighted by atomic mass is 10.2. The van der Waals surface area contributed by atoms with Crippen molar-refractivity contribution in [2.24, 2.45) is 0 Å². The van der Waals surface area contributed by atoms with Gasteiger partial charge in [-0.25, -0.2) is 8.42 Å². The van der Waals surface area contributed by atoms with E-state index in [0.29, 0.717) is 18.1 Å². The summed E-state index contributed by atoms with van der Waals surface area (Å²) in [5, 5.41) is 9.84. The summed E-state index contributed by atoms with van der Waals surface area (Å²) < 4.78 is 25.4. The maximum atomic E-state index is 12.7. The number of nitrogens with zero attached hydrogens (tertiary/aromatic N) is 3. The standard InChI is InChI=1S/C20H20ClN3O2S/c21-18-6-8-19(9-7-18)27(25,26)20(14-22)16-24-12-10-23(11-13-24)15-17-4-2-1-3-5-17/h1-9,16H,10-13,15H2/b20-16-. The second-order valence-electron chi connectivity index (χ2n) is 6.36. The maximum Gasteiger partial charge on any atom is 0.218 e. The van der Waals surface area contributed by atoms with E-state index in [9.17, 15) is 13.7 Å². The van der Waals surface area contributed by atoms with E-state index < -0.39 is 9.84 Å². The molecule has 0 unspecified atom stereocenters. The van der Waals surface area contributed by atoms with Crippen LogP contribution in [0.25, 0.3) is 0 Å². The molecule has 140 valence electrons. The number of allylic oxidation sites excluding steroid dienone is 1. The smallest absolute Gasteiger partial charge is 0.218 e. The van der Waals surface area contributed by atoms with Gasteiger partial charge < -0.3 is 4.90 Å². The van der Waals surface area contributed by atoms with E-state index in [2.05, 4.69) is 17.0 Å². The predicted octanol–water partition coefficient (Wildman–Crippen LogP) is 3.30.